The van der Waals surface area contributed by atoms with Crippen molar-refractivity contribution < 1.29 is 4.74 Å². The molecule has 0 spiro atoms. The fourth-order valence-corrected chi connectivity index (χ4v) is 3.06. The van der Waals surface area contributed by atoms with Gasteiger partial charge in [-0.15, -0.1) is 0 Å². The number of hydrogen-bond donors (Lipinski definition) is 1. The molecule has 118 valence electrons. The molecule has 0 atom stereocenters. The minimum absolute atomic E-state index is 0.511. The SMILES string of the molecule is CC(C)NCc1ccc(COCCN2CCCC2)c(Br)c1. The van der Waals surface area contributed by atoms with Gasteiger partial charge in [0.1, 0.15) is 0 Å². The second kappa shape index (κ2) is 8.89. The molecule has 1 N–H and O–H groups in total. The van der Waals surface area contributed by atoms with E-state index >= 15 is 0 Å². The van der Waals surface area contributed by atoms with Crippen LogP contribution in [0.15, 0.2) is 22.7 Å². The molecule has 4 heteroatoms. The molecule has 3 nitrogen and oxygen atoms in total. The average Bonchev–Trinajstić information content (AvgIpc) is 2.96. The summed E-state index contributed by atoms with van der Waals surface area (Å²) in [5.74, 6) is 0. The molecule has 1 heterocycles. The molecule has 1 fully saturated rings. The summed E-state index contributed by atoms with van der Waals surface area (Å²) in [6, 6.07) is 7.04. The minimum Gasteiger partial charge on any atom is -0.375 e. The molecule has 1 aromatic carbocycles. The first-order valence-corrected chi connectivity index (χ1v) is 8.75. The molecular formula is C17H27BrN2O. The molecule has 1 aromatic rings. The van der Waals surface area contributed by atoms with E-state index in [4.69, 9.17) is 4.74 Å². The van der Waals surface area contributed by atoms with Gasteiger partial charge in [0.25, 0.3) is 0 Å². The molecule has 0 aromatic heterocycles. The number of nitrogens with one attached hydrogen (secondary N) is 1. The van der Waals surface area contributed by atoms with Crippen LogP contribution in [-0.2, 0) is 17.9 Å². The second-order valence-corrected chi connectivity index (χ2v) is 6.92. The maximum atomic E-state index is 5.81. The van der Waals surface area contributed by atoms with Crippen molar-refractivity contribution in [1.29, 1.82) is 0 Å². The molecule has 0 unspecified atom stereocenters. The lowest BCUT2D eigenvalue weighted by Crippen LogP contribution is -2.24. The van der Waals surface area contributed by atoms with Crippen molar-refractivity contribution in [2.45, 2.75) is 45.9 Å². The largest absolute Gasteiger partial charge is 0.375 e. The van der Waals surface area contributed by atoms with E-state index in [-0.39, 0.29) is 0 Å². The molecule has 0 saturated carbocycles. The third-order valence-corrected chi connectivity index (χ3v) is 4.58. The highest BCUT2D eigenvalue weighted by Gasteiger charge is 2.10. The summed E-state index contributed by atoms with van der Waals surface area (Å²) in [6.07, 6.45) is 2.69. The molecular weight excluding hydrogens is 328 g/mol. The maximum absolute atomic E-state index is 5.81. The highest BCUT2D eigenvalue weighted by Crippen LogP contribution is 2.19. The van der Waals surface area contributed by atoms with Crippen LogP contribution in [0.1, 0.15) is 37.8 Å². The normalized spacial score (nSPS) is 16.0. The van der Waals surface area contributed by atoms with Crippen LogP contribution in [0.25, 0.3) is 0 Å². The van der Waals surface area contributed by atoms with Crippen molar-refractivity contribution in [3.63, 3.8) is 0 Å². The lowest BCUT2D eigenvalue weighted by atomic mass is 10.1. The second-order valence-electron chi connectivity index (χ2n) is 6.06. The number of rotatable bonds is 8. The van der Waals surface area contributed by atoms with Gasteiger partial charge in [-0.1, -0.05) is 41.9 Å². The Morgan fingerprint density at radius 1 is 1.29 bits per heavy atom. The summed E-state index contributed by atoms with van der Waals surface area (Å²) in [6.45, 7) is 10.3. The first-order valence-electron chi connectivity index (χ1n) is 7.96. The Labute approximate surface area is 137 Å². The summed E-state index contributed by atoms with van der Waals surface area (Å²) >= 11 is 3.65. The molecule has 1 aliphatic heterocycles. The smallest absolute Gasteiger partial charge is 0.0728 e. The quantitative estimate of drug-likeness (QED) is 0.722. The van der Waals surface area contributed by atoms with E-state index < -0.39 is 0 Å². The molecule has 0 bridgehead atoms. The van der Waals surface area contributed by atoms with Gasteiger partial charge in [-0.25, -0.2) is 0 Å². The summed E-state index contributed by atoms with van der Waals surface area (Å²) < 4.78 is 6.96. The van der Waals surface area contributed by atoms with Gasteiger partial charge in [0.15, 0.2) is 0 Å². The number of hydrogen-bond acceptors (Lipinski definition) is 3. The van der Waals surface area contributed by atoms with Gasteiger partial charge < -0.3 is 15.0 Å². The van der Waals surface area contributed by atoms with E-state index in [0.717, 1.165) is 24.2 Å². The zero-order chi connectivity index (χ0) is 15.1. The minimum atomic E-state index is 0.511. The van der Waals surface area contributed by atoms with Crippen LogP contribution in [-0.4, -0.2) is 37.2 Å². The average molecular weight is 355 g/mol. The highest BCUT2D eigenvalue weighted by molar-refractivity contribution is 9.10. The lowest BCUT2D eigenvalue weighted by Gasteiger charge is -2.15. The Morgan fingerprint density at radius 3 is 2.71 bits per heavy atom. The van der Waals surface area contributed by atoms with Gasteiger partial charge in [0.2, 0.25) is 0 Å². The monoisotopic (exact) mass is 354 g/mol. The van der Waals surface area contributed by atoms with E-state index in [1.54, 1.807) is 0 Å². The van der Waals surface area contributed by atoms with Crippen LogP contribution < -0.4 is 5.32 Å². The molecule has 1 aliphatic rings. The maximum Gasteiger partial charge on any atom is 0.0728 e. The van der Waals surface area contributed by atoms with Crippen LogP contribution in [0.5, 0.6) is 0 Å². The fourth-order valence-electron chi connectivity index (χ4n) is 2.52. The van der Waals surface area contributed by atoms with Crippen molar-refractivity contribution in [3.8, 4) is 0 Å². The molecule has 0 aliphatic carbocycles. The van der Waals surface area contributed by atoms with Crippen molar-refractivity contribution in [2.24, 2.45) is 0 Å². The first kappa shape index (κ1) is 16.9. The predicted octanol–water partition coefficient (Wildman–Crippen LogP) is 3.56. The van der Waals surface area contributed by atoms with Crippen molar-refractivity contribution in [2.75, 3.05) is 26.2 Å². The van der Waals surface area contributed by atoms with Crippen LogP contribution in [0.2, 0.25) is 0 Å². The zero-order valence-electron chi connectivity index (χ0n) is 13.2. The third-order valence-electron chi connectivity index (χ3n) is 3.84. The number of ether oxygens (including phenoxy) is 1. The third kappa shape index (κ3) is 6.07. The topological polar surface area (TPSA) is 24.5 Å². The lowest BCUT2D eigenvalue weighted by molar-refractivity contribution is 0.0989. The van der Waals surface area contributed by atoms with E-state index in [9.17, 15) is 0 Å². The Bertz CT molecular complexity index is 431. The van der Waals surface area contributed by atoms with Crippen LogP contribution in [0.4, 0.5) is 0 Å². The summed E-state index contributed by atoms with van der Waals surface area (Å²) in [4.78, 5) is 2.48. The Balaban J connectivity index is 1.72. The van der Waals surface area contributed by atoms with Gasteiger partial charge in [0, 0.05) is 23.6 Å². The Kier molecular flexibility index (Phi) is 7.17. The Hall–Kier alpha value is -0.420. The van der Waals surface area contributed by atoms with E-state index in [1.165, 1.54) is 37.1 Å². The van der Waals surface area contributed by atoms with E-state index in [2.05, 4.69) is 58.2 Å². The van der Waals surface area contributed by atoms with Gasteiger partial charge in [-0.2, -0.15) is 0 Å². The summed E-state index contributed by atoms with van der Waals surface area (Å²) in [7, 11) is 0. The van der Waals surface area contributed by atoms with Gasteiger partial charge in [-0.05, 0) is 43.1 Å². The number of halogens is 1. The van der Waals surface area contributed by atoms with Crippen molar-refractivity contribution >= 4 is 15.9 Å². The first-order chi connectivity index (χ1) is 10.1. The number of likely N-dealkylation sites (tertiary alicyclic amines) is 1. The fraction of sp³-hybridized carbons (Fsp3) is 0.647. The number of benzene rings is 1. The zero-order valence-corrected chi connectivity index (χ0v) is 14.8. The van der Waals surface area contributed by atoms with Gasteiger partial charge >= 0.3 is 0 Å². The van der Waals surface area contributed by atoms with Crippen LogP contribution >= 0.6 is 15.9 Å². The molecule has 21 heavy (non-hydrogen) atoms. The molecule has 1 saturated heterocycles. The highest BCUT2D eigenvalue weighted by atomic mass is 79.9. The summed E-state index contributed by atoms with van der Waals surface area (Å²) in [5, 5.41) is 3.43. The van der Waals surface area contributed by atoms with Crippen molar-refractivity contribution in [3.05, 3.63) is 33.8 Å². The van der Waals surface area contributed by atoms with Crippen LogP contribution in [0, 0.1) is 0 Å². The standard InChI is InChI=1S/C17H27BrN2O/c1-14(2)19-12-15-5-6-16(17(18)11-15)13-21-10-9-20-7-3-4-8-20/h5-6,11,14,19H,3-4,7-10,12-13H2,1-2H3. The molecule has 2 rings (SSSR count). The van der Waals surface area contributed by atoms with E-state index in [0.29, 0.717) is 12.6 Å². The summed E-state index contributed by atoms with van der Waals surface area (Å²) in [5.41, 5.74) is 2.53. The van der Waals surface area contributed by atoms with Crippen LogP contribution in [0.3, 0.4) is 0 Å². The Morgan fingerprint density at radius 2 is 2.05 bits per heavy atom. The van der Waals surface area contributed by atoms with Gasteiger partial charge in [0.05, 0.1) is 13.2 Å². The van der Waals surface area contributed by atoms with Crippen molar-refractivity contribution in [1.82, 2.24) is 10.2 Å². The predicted molar refractivity (Wildman–Crippen MR) is 91.4 cm³/mol. The molecule has 0 radical (unpaired) electrons. The molecule has 0 amide bonds. The van der Waals surface area contributed by atoms with Gasteiger partial charge in [-0.3, -0.25) is 0 Å². The van der Waals surface area contributed by atoms with E-state index in [1.807, 2.05) is 0 Å². The number of nitrogens with zero attached hydrogens (tertiary/aromatic N) is 1.